The molecule has 0 amide bonds. The van der Waals surface area contributed by atoms with E-state index in [-0.39, 0.29) is 16.0 Å². The van der Waals surface area contributed by atoms with Gasteiger partial charge in [0.1, 0.15) is 5.82 Å². The van der Waals surface area contributed by atoms with E-state index in [1.165, 1.54) is 30.3 Å². The van der Waals surface area contributed by atoms with Gasteiger partial charge in [-0.25, -0.2) is 12.8 Å². The molecule has 0 fully saturated rings. The van der Waals surface area contributed by atoms with Gasteiger partial charge in [0.25, 0.3) is 0 Å². The van der Waals surface area contributed by atoms with Crippen LogP contribution in [0.1, 0.15) is 17.2 Å². The normalized spacial score (nSPS) is 12.4. The molecule has 1 atom stereocenters. The monoisotopic (exact) mass is 330 g/mol. The minimum atomic E-state index is -3.92. The van der Waals surface area contributed by atoms with Gasteiger partial charge in [-0.3, -0.25) is 0 Å². The maximum atomic E-state index is 14.0. The molecule has 0 saturated heterocycles. The zero-order valence-electron chi connectivity index (χ0n) is 12.5. The highest BCUT2D eigenvalue weighted by molar-refractivity contribution is 7.89. The third-order valence-electron chi connectivity index (χ3n) is 3.31. The maximum absolute atomic E-state index is 14.0. The number of aryl methyl sites for hydroxylation is 1. The van der Waals surface area contributed by atoms with Gasteiger partial charge in [-0.1, -0.05) is 42.5 Å². The second-order valence-corrected chi connectivity index (χ2v) is 6.74. The summed E-state index contributed by atoms with van der Waals surface area (Å²) in [7, 11) is -3.92. The SMILES string of the molecule is C=C(C#N)C(NS(=O)(=O)c1ccc(C)cc1)c1ccccc1F. The number of sulfonamides is 1. The van der Waals surface area contributed by atoms with Crippen LogP contribution in [0.15, 0.2) is 65.6 Å². The summed E-state index contributed by atoms with van der Waals surface area (Å²) < 4.78 is 41.3. The van der Waals surface area contributed by atoms with Crippen molar-refractivity contribution < 1.29 is 12.8 Å². The Kier molecular flexibility index (Phi) is 4.94. The lowest BCUT2D eigenvalue weighted by molar-refractivity contribution is 0.559. The molecule has 2 aromatic carbocycles. The molecule has 0 aliphatic heterocycles. The van der Waals surface area contributed by atoms with E-state index in [2.05, 4.69) is 11.3 Å². The second-order valence-electron chi connectivity index (χ2n) is 5.03. The van der Waals surface area contributed by atoms with Gasteiger partial charge < -0.3 is 0 Å². The van der Waals surface area contributed by atoms with E-state index in [0.717, 1.165) is 5.56 Å². The lowest BCUT2D eigenvalue weighted by atomic mass is 10.0. The van der Waals surface area contributed by atoms with Gasteiger partial charge in [0.15, 0.2) is 0 Å². The lowest BCUT2D eigenvalue weighted by Crippen LogP contribution is -2.30. The maximum Gasteiger partial charge on any atom is 0.241 e. The molecule has 2 rings (SSSR count). The van der Waals surface area contributed by atoms with Crippen molar-refractivity contribution in [3.8, 4) is 6.07 Å². The van der Waals surface area contributed by atoms with Crippen molar-refractivity contribution in [3.05, 3.63) is 77.6 Å². The van der Waals surface area contributed by atoms with Crippen molar-refractivity contribution in [1.82, 2.24) is 4.72 Å². The molecule has 0 aliphatic rings. The summed E-state index contributed by atoms with van der Waals surface area (Å²) >= 11 is 0. The average Bonchev–Trinajstić information content (AvgIpc) is 2.53. The molecule has 0 bridgehead atoms. The Morgan fingerprint density at radius 3 is 2.39 bits per heavy atom. The summed E-state index contributed by atoms with van der Waals surface area (Å²) in [6.45, 7) is 5.37. The number of hydrogen-bond donors (Lipinski definition) is 1. The van der Waals surface area contributed by atoms with E-state index >= 15 is 0 Å². The molecule has 0 spiro atoms. The lowest BCUT2D eigenvalue weighted by Gasteiger charge is -2.18. The fourth-order valence-corrected chi connectivity index (χ4v) is 3.25. The Hall–Kier alpha value is -2.49. The van der Waals surface area contributed by atoms with Crippen LogP contribution >= 0.6 is 0 Å². The van der Waals surface area contributed by atoms with Crippen LogP contribution in [0.4, 0.5) is 4.39 Å². The molecule has 1 N–H and O–H groups in total. The van der Waals surface area contributed by atoms with Crippen LogP contribution in [-0.4, -0.2) is 8.42 Å². The number of benzene rings is 2. The predicted octanol–water partition coefficient (Wildman–Crippen LogP) is 3.23. The van der Waals surface area contributed by atoms with E-state index in [0.29, 0.717) is 0 Å². The van der Waals surface area contributed by atoms with Crippen molar-refractivity contribution in [2.45, 2.75) is 17.9 Å². The van der Waals surface area contributed by atoms with Crippen molar-refractivity contribution in [2.24, 2.45) is 0 Å². The standard InChI is InChI=1S/C17H15FN2O2S/c1-12-7-9-14(10-8-12)23(21,22)20-17(13(2)11-19)15-5-3-4-6-16(15)18/h3-10,17,20H,2H2,1H3. The van der Waals surface area contributed by atoms with Gasteiger partial charge in [0.2, 0.25) is 10.0 Å². The largest absolute Gasteiger partial charge is 0.241 e. The summed E-state index contributed by atoms with van der Waals surface area (Å²) in [4.78, 5) is 0.0372. The highest BCUT2D eigenvalue weighted by atomic mass is 32.2. The minimum Gasteiger partial charge on any atom is -0.207 e. The number of nitrogens with one attached hydrogen (secondary N) is 1. The summed E-state index contributed by atoms with van der Waals surface area (Å²) in [5.41, 5.74) is 0.872. The van der Waals surface area contributed by atoms with Crippen LogP contribution in [0, 0.1) is 24.1 Å². The van der Waals surface area contributed by atoms with E-state index in [4.69, 9.17) is 5.26 Å². The molecule has 2 aromatic rings. The molecular formula is C17H15FN2O2S. The number of rotatable bonds is 5. The Balaban J connectivity index is 2.43. The smallest absolute Gasteiger partial charge is 0.207 e. The highest BCUT2D eigenvalue weighted by Crippen LogP contribution is 2.25. The molecular weight excluding hydrogens is 315 g/mol. The summed E-state index contributed by atoms with van der Waals surface area (Å²) in [5.74, 6) is -0.611. The highest BCUT2D eigenvalue weighted by Gasteiger charge is 2.25. The number of hydrogen-bond acceptors (Lipinski definition) is 3. The molecule has 0 radical (unpaired) electrons. The van der Waals surface area contributed by atoms with Gasteiger partial charge in [-0.15, -0.1) is 0 Å². The molecule has 118 valence electrons. The van der Waals surface area contributed by atoms with Crippen LogP contribution in [0.5, 0.6) is 0 Å². The van der Waals surface area contributed by atoms with Gasteiger partial charge in [0, 0.05) is 11.1 Å². The number of nitrogens with zero attached hydrogens (tertiary/aromatic N) is 1. The number of nitriles is 1. The molecule has 4 nitrogen and oxygen atoms in total. The first-order valence-electron chi connectivity index (χ1n) is 6.77. The van der Waals surface area contributed by atoms with E-state index < -0.39 is 21.9 Å². The fraction of sp³-hybridized carbons (Fsp3) is 0.118. The molecule has 0 heterocycles. The van der Waals surface area contributed by atoms with Gasteiger partial charge >= 0.3 is 0 Å². The zero-order chi connectivity index (χ0) is 17.0. The van der Waals surface area contributed by atoms with Crippen LogP contribution < -0.4 is 4.72 Å². The molecule has 6 heteroatoms. The van der Waals surface area contributed by atoms with Crippen LogP contribution in [0.25, 0.3) is 0 Å². The topological polar surface area (TPSA) is 70.0 Å². The summed E-state index contributed by atoms with van der Waals surface area (Å²) in [6, 6.07) is 12.5. The Morgan fingerprint density at radius 1 is 1.22 bits per heavy atom. The molecule has 0 aliphatic carbocycles. The van der Waals surface area contributed by atoms with E-state index in [9.17, 15) is 12.8 Å². The van der Waals surface area contributed by atoms with Crippen LogP contribution in [-0.2, 0) is 10.0 Å². The molecule has 23 heavy (non-hydrogen) atoms. The quantitative estimate of drug-likeness (QED) is 0.856. The van der Waals surface area contributed by atoms with Crippen molar-refractivity contribution in [3.63, 3.8) is 0 Å². The zero-order valence-corrected chi connectivity index (χ0v) is 13.3. The van der Waals surface area contributed by atoms with Crippen molar-refractivity contribution in [2.75, 3.05) is 0 Å². The Bertz CT molecular complexity index is 868. The van der Waals surface area contributed by atoms with Crippen LogP contribution in [0.2, 0.25) is 0 Å². The van der Waals surface area contributed by atoms with E-state index in [1.54, 1.807) is 24.3 Å². The second kappa shape index (κ2) is 6.73. The predicted molar refractivity (Wildman–Crippen MR) is 85.4 cm³/mol. The third kappa shape index (κ3) is 3.83. The van der Waals surface area contributed by atoms with Gasteiger partial charge in [0.05, 0.1) is 17.0 Å². The average molecular weight is 330 g/mol. The minimum absolute atomic E-state index is 0.0372. The number of halogens is 1. The first-order chi connectivity index (χ1) is 10.8. The molecule has 0 saturated carbocycles. The molecule has 0 aromatic heterocycles. The Morgan fingerprint density at radius 2 is 1.83 bits per heavy atom. The van der Waals surface area contributed by atoms with Gasteiger partial charge in [-0.2, -0.15) is 9.98 Å². The van der Waals surface area contributed by atoms with Crippen LogP contribution in [0.3, 0.4) is 0 Å². The van der Waals surface area contributed by atoms with E-state index in [1.807, 2.05) is 6.92 Å². The molecule has 1 unspecified atom stereocenters. The Labute approximate surface area is 134 Å². The third-order valence-corrected chi connectivity index (χ3v) is 4.75. The first-order valence-corrected chi connectivity index (χ1v) is 8.26. The summed E-state index contributed by atoms with van der Waals surface area (Å²) in [5, 5.41) is 9.05. The summed E-state index contributed by atoms with van der Waals surface area (Å²) in [6.07, 6.45) is 0. The first kappa shape index (κ1) is 16.9. The van der Waals surface area contributed by atoms with Crippen molar-refractivity contribution >= 4 is 10.0 Å². The van der Waals surface area contributed by atoms with Gasteiger partial charge in [-0.05, 0) is 25.1 Å². The fourth-order valence-electron chi connectivity index (χ4n) is 2.04. The van der Waals surface area contributed by atoms with Crippen molar-refractivity contribution in [1.29, 1.82) is 5.26 Å².